The minimum absolute atomic E-state index is 0.210. The Bertz CT molecular complexity index is 811. The number of para-hydroxylation sites is 1. The molecule has 0 heterocycles. The van der Waals surface area contributed by atoms with Gasteiger partial charge in [0.15, 0.2) is 4.90 Å². The van der Waals surface area contributed by atoms with Gasteiger partial charge in [0.1, 0.15) is 0 Å². The van der Waals surface area contributed by atoms with Gasteiger partial charge in [-0.25, -0.2) is 8.42 Å². The van der Waals surface area contributed by atoms with Crippen LogP contribution in [0.2, 0.25) is 5.02 Å². The van der Waals surface area contributed by atoms with Crippen LogP contribution in [0, 0.1) is 10.1 Å². The second kappa shape index (κ2) is 6.00. The van der Waals surface area contributed by atoms with Crippen LogP contribution in [0.15, 0.2) is 51.8 Å². The molecule has 0 amide bonds. The van der Waals surface area contributed by atoms with Crippen LogP contribution >= 0.6 is 27.5 Å². The van der Waals surface area contributed by atoms with Crippen LogP contribution in [-0.2, 0) is 10.0 Å². The summed E-state index contributed by atoms with van der Waals surface area (Å²) in [6.45, 7) is 0. The molecule has 2 aromatic carbocycles. The van der Waals surface area contributed by atoms with E-state index in [-0.39, 0.29) is 5.69 Å². The van der Waals surface area contributed by atoms with E-state index in [9.17, 15) is 18.5 Å². The molecule has 0 saturated heterocycles. The zero-order valence-electron chi connectivity index (χ0n) is 10.3. The predicted molar refractivity (Wildman–Crippen MR) is 83.1 cm³/mol. The van der Waals surface area contributed by atoms with Gasteiger partial charge in [-0.1, -0.05) is 23.7 Å². The lowest BCUT2D eigenvalue weighted by atomic mass is 10.3. The second-order valence-corrected chi connectivity index (χ2v) is 6.87. The Hall–Kier alpha value is -1.64. The predicted octanol–water partition coefficient (Wildman–Crippen LogP) is 3.81. The minimum atomic E-state index is -4.08. The molecule has 0 unspecified atom stereocenters. The summed E-state index contributed by atoms with van der Waals surface area (Å²) in [7, 11) is -4.08. The Balaban J connectivity index is 2.43. The van der Waals surface area contributed by atoms with Gasteiger partial charge in [-0.2, -0.15) is 0 Å². The maximum atomic E-state index is 12.3. The molecule has 0 saturated carbocycles. The smallest absolute Gasteiger partial charge is 0.279 e. The monoisotopic (exact) mass is 390 g/mol. The molecule has 0 atom stereocenters. The molecule has 0 radical (unpaired) electrons. The van der Waals surface area contributed by atoms with Crippen molar-refractivity contribution in [3.05, 3.63) is 62.1 Å². The van der Waals surface area contributed by atoms with Gasteiger partial charge in [0, 0.05) is 10.5 Å². The molecule has 0 fully saturated rings. The van der Waals surface area contributed by atoms with Crippen LogP contribution in [0.4, 0.5) is 11.4 Å². The molecule has 0 aliphatic rings. The van der Waals surface area contributed by atoms with Crippen molar-refractivity contribution in [1.82, 2.24) is 0 Å². The molecule has 0 bridgehead atoms. The van der Waals surface area contributed by atoms with Crippen LogP contribution in [0.25, 0.3) is 0 Å². The molecule has 6 nitrogen and oxygen atoms in total. The number of nitrogens with zero attached hydrogens (tertiary/aromatic N) is 1. The van der Waals surface area contributed by atoms with Crippen molar-refractivity contribution in [2.24, 2.45) is 0 Å². The molecule has 0 aliphatic heterocycles. The topological polar surface area (TPSA) is 89.3 Å². The van der Waals surface area contributed by atoms with Crippen molar-refractivity contribution in [3.8, 4) is 0 Å². The first-order valence-corrected chi connectivity index (χ1v) is 8.18. The summed E-state index contributed by atoms with van der Waals surface area (Å²) in [5, 5.41) is 11.2. The van der Waals surface area contributed by atoms with Gasteiger partial charge in [0.2, 0.25) is 0 Å². The fraction of sp³-hybridized carbons (Fsp3) is 0. The number of hydrogen-bond acceptors (Lipinski definition) is 4. The molecule has 2 aromatic rings. The fourth-order valence-electron chi connectivity index (χ4n) is 1.60. The number of nitro benzene ring substituents is 1. The standard InChI is InChI=1S/C12H8BrClN2O4S/c13-9-6-5-8(7-10(9)14)15-21(19,20)12-4-2-1-3-11(12)16(17)18/h1-7,15H. The van der Waals surface area contributed by atoms with Crippen LogP contribution < -0.4 is 4.72 Å². The van der Waals surface area contributed by atoms with Gasteiger partial charge in [-0.3, -0.25) is 14.8 Å². The third-order valence-electron chi connectivity index (χ3n) is 2.52. The molecular weight excluding hydrogens is 384 g/mol. The maximum absolute atomic E-state index is 12.3. The summed E-state index contributed by atoms with van der Waals surface area (Å²) in [6.07, 6.45) is 0. The van der Waals surface area contributed by atoms with Crippen molar-refractivity contribution in [2.45, 2.75) is 4.90 Å². The fourth-order valence-corrected chi connectivity index (χ4v) is 3.26. The summed E-state index contributed by atoms with van der Waals surface area (Å²) in [4.78, 5) is 9.75. The lowest BCUT2D eigenvalue weighted by molar-refractivity contribution is -0.387. The molecule has 0 spiro atoms. The highest BCUT2D eigenvalue weighted by molar-refractivity contribution is 9.10. The van der Waals surface area contributed by atoms with Crippen LogP contribution in [0.5, 0.6) is 0 Å². The van der Waals surface area contributed by atoms with Gasteiger partial charge in [0.25, 0.3) is 15.7 Å². The first-order chi connectivity index (χ1) is 9.81. The third-order valence-corrected chi connectivity index (χ3v) is 5.18. The van der Waals surface area contributed by atoms with Crippen molar-refractivity contribution < 1.29 is 13.3 Å². The number of sulfonamides is 1. The summed E-state index contributed by atoms with van der Waals surface area (Å²) >= 11 is 9.07. The summed E-state index contributed by atoms with van der Waals surface area (Å²) in [6, 6.07) is 9.56. The Labute approximate surface area is 134 Å². The van der Waals surface area contributed by atoms with E-state index in [0.717, 1.165) is 6.07 Å². The quantitative estimate of drug-likeness (QED) is 0.634. The zero-order valence-corrected chi connectivity index (χ0v) is 13.4. The number of halogens is 2. The number of nitrogens with one attached hydrogen (secondary N) is 1. The highest BCUT2D eigenvalue weighted by Gasteiger charge is 2.25. The van der Waals surface area contributed by atoms with E-state index in [1.54, 1.807) is 6.07 Å². The van der Waals surface area contributed by atoms with Crippen molar-refractivity contribution in [2.75, 3.05) is 4.72 Å². The molecule has 110 valence electrons. The Kier molecular flexibility index (Phi) is 4.50. The number of anilines is 1. The molecule has 21 heavy (non-hydrogen) atoms. The number of benzene rings is 2. The lowest BCUT2D eigenvalue weighted by Crippen LogP contribution is -2.14. The van der Waals surface area contributed by atoms with Gasteiger partial charge < -0.3 is 0 Å². The summed E-state index contributed by atoms with van der Waals surface area (Å²) < 4.78 is 27.4. The number of hydrogen-bond donors (Lipinski definition) is 1. The first kappa shape index (κ1) is 15.7. The highest BCUT2D eigenvalue weighted by Crippen LogP contribution is 2.29. The average molecular weight is 392 g/mol. The largest absolute Gasteiger partial charge is 0.289 e. The van der Waals surface area contributed by atoms with Crippen LogP contribution in [0.3, 0.4) is 0 Å². The number of rotatable bonds is 4. The number of nitro groups is 1. The Morgan fingerprint density at radius 2 is 1.86 bits per heavy atom. The molecule has 2 rings (SSSR count). The van der Waals surface area contributed by atoms with E-state index in [0.29, 0.717) is 9.50 Å². The van der Waals surface area contributed by atoms with E-state index in [2.05, 4.69) is 20.7 Å². The van der Waals surface area contributed by atoms with E-state index in [1.807, 2.05) is 0 Å². The average Bonchev–Trinajstić information content (AvgIpc) is 2.42. The van der Waals surface area contributed by atoms with Gasteiger partial charge >= 0.3 is 0 Å². The minimum Gasteiger partial charge on any atom is -0.279 e. The molecule has 1 N–H and O–H groups in total. The summed E-state index contributed by atoms with van der Waals surface area (Å²) in [5.74, 6) is 0. The van der Waals surface area contributed by atoms with E-state index in [4.69, 9.17) is 11.6 Å². The van der Waals surface area contributed by atoms with Crippen LogP contribution in [-0.4, -0.2) is 13.3 Å². The van der Waals surface area contributed by atoms with Crippen molar-refractivity contribution in [1.29, 1.82) is 0 Å². The van der Waals surface area contributed by atoms with Crippen LogP contribution in [0.1, 0.15) is 0 Å². The first-order valence-electron chi connectivity index (χ1n) is 5.52. The molecule has 0 aliphatic carbocycles. The van der Waals surface area contributed by atoms with E-state index >= 15 is 0 Å². The molecule has 9 heteroatoms. The second-order valence-electron chi connectivity index (χ2n) is 3.96. The van der Waals surface area contributed by atoms with Gasteiger partial charge in [-0.15, -0.1) is 0 Å². The zero-order chi connectivity index (χ0) is 15.6. The lowest BCUT2D eigenvalue weighted by Gasteiger charge is -2.09. The van der Waals surface area contributed by atoms with Crippen molar-refractivity contribution >= 4 is 48.9 Å². The van der Waals surface area contributed by atoms with Gasteiger partial charge in [-0.05, 0) is 40.2 Å². The van der Waals surface area contributed by atoms with Gasteiger partial charge in [0.05, 0.1) is 15.6 Å². The summed E-state index contributed by atoms with van der Waals surface area (Å²) in [5.41, 5.74) is -0.283. The normalized spacial score (nSPS) is 11.1. The third kappa shape index (κ3) is 3.52. The van der Waals surface area contributed by atoms with Crippen molar-refractivity contribution in [3.63, 3.8) is 0 Å². The SMILES string of the molecule is O=[N+]([O-])c1ccccc1S(=O)(=O)Nc1ccc(Br)c(Cl)c1. The van der Waals surface area contributed by atoms with E-state index in [1.165, 1.54) is 30.3 Å². The highest BCUT2D eigenvalue weighted by atomic mass is 79.9. The molecule has 0 aromatic heterocycles. The van der Waals surface area contributed by atoms with E-state index < -0.39 is 25.5 Å². The Morgan fingerprint density at radius 1 is 1.19 bits per heavy atom. The maximum Gasteiger partial charge on any atom is 0.289 e. The molecular formula is C12H8BrClN2O4S. The Morgan fingerprint density at radius 3 is 2.48 bits per heavy atom.